The van der Waals surface area contributed by atoms with Crippen molar-refractivity contribution in [2.75, 3.05) is 31.0 Å². The molecule has 0 atom stereocenters. The fraction of sp³-hybridized carbons (Fsp3) is 0.138. The molecule has 0 saturated carbocycles. The Hall–Kier alpha value is -4.36. The van der Waals surface area contributed by atoms with E-state index >= 15 is 0 Å². The molecule has 1 aromatic heterocycles. The first-order valence-corrected chi connectivity index (χ1v) is 11.9. The Morgan fingerprint density at radius 2 is 1.51 bits per heavy atom. The molecule has 1 heterocycles. The van der Waals surface area contributed by atoms with Crippen LogP contribution in [0.3, 0.4) is 0 Å². The number of aromatic carboxylic acids is 1. The van der Waals surface area contributed by atoms with Crippen molar-refractivity contribution in [2.24, 2.45) is 0 Å². The van der Waals surface area contributed by atoms with E-state index in [1.165, 1.54) is 6.07 Å². The van der Waals surface area contributed by atoms with Gasteiger partial charge < -0.3 is 19.6 Å². The summed E-state index contributed by atoms with van der Waals surface area (Å²) in [6.45, 7) is 0.519. The zero-order chi connectivity index (χ0) is 26.5. The zero-order valence-electron chi connectivity index (χ0n) is 20.7. The molecule has 0 unspecified atom stereocenters. The number of carboxylic acids is 1. The molecule has 188 valence electrons. The largest absolute Gasteiger partial charge is 0.497 e. The van der Waals surface area contributed by atoms with E-state index in [0.717, 1.165) is 22.7 Å². The third-order valence-corrected chi connectivity index (χ3v) is 6.28. The third kappa shape index (κ3) is 6.08. The predicted molar refractivity (Wildman–Crippen MR) is 146 cm³/mol. The highest BCUT2D eigenvalue weighted by Gasteiger charge is 2.17. The summed E-state index contributed by atoms with van der Waals surface area (Å²) in [6, 6.07) is 23.1. The molecule has 0 radical (unpaired) electrons. The molecule has 1 N–H and O–H groups in total. The number of carbonyl (C=O) groups is 2. The minimum atomic E-state index is -1.11. The molecule has 37 heavy (non-hydrogen) atoms. The van der Waals surface area contributed by atoms with Gasteiger partial charge in [-0.15, -0.1) is 0 Å². The number of hydrogen-bond donors (Lipinski definition) is 1. The van der Waals surface area contributed by atoms with Crippen molar-refractivity contribution in [3.8, 4) is 5.75 Å². The number of carboxylic acid groups (broad SMARTS) is 1. The SMILES string of the molecule is COc1ccc(CN(C)c2cc(C(=O)O)cc(C(=O)c3ccc(N(C)c4ccc(Cl)cc4)cn3)c2)cc1. The van der Waals surface area contributed by atoms with Gasteiger partial charge in [0.2, 0.25) is 5.78 Å². The molecule has 0 fully saturated rings. The molecule has 0 aliphatic rings. The van der Waals surface area contributed by atoms with Gasteiger partial charge in [0.15, 0.2) is 0 Å². The van der Waals surface area contributed by atoms with E-state index in [2.05, 4.69) is 4.98 Å². The number of anilines is 3. The van der Waals surface area contributed by atoms with Crippen molar-refractivity contribution in [1.82, 2.24) is 4.98 Å². The van der Waals surface area contributed by atoms with Gasteiger partial charge in [0.05, 0.1) is 24.6 Å². The average molecular weight is 516 g/mol. The number of ether oxygens (including phenoxy) is 1. The van der Waals surface area contributed by atoms with Crippen LogP contribution in [0.4, 0.5) is 17.1 Å². The van der Waals surface area contributed by atoms with Crippen molar-refractivity contribution < 1.29 is 19.4 Å². The highest BCUT2D eigenvalue weighted by atomic mass is 35.5. The van der Waals surface area contributed by atoms with Crippen LogP contribution in [-0.4, -0.2) is 43.0 Å². The van der Waals surface area contributed by atoms with Gasteiger partial charge >= 0.3 is 5.97 Å². The maximum atomic E-state index is 13.3. The molecule has 8 heteroatoms. The van der Waals surface area contributed by atoms with Gasteiger partial charge in [0.1, 0.15) is 11.4 Å². The highest BCUT2D eigenvalue weighted by molar-refractivity contribution is 6.30. The minimum absolute atomic E-state index is 0.0292. The van der Waals surface area contributed by atoms with E-state index in [9.17, 15) is 14.7 Å². The van der Waals surface area contributed by atoms with Crippen LogP contribution in [-0.2, 0) is 6.54 Å². The van der Waals surface area contributed by atoms with Crippen LogP contribution >= 0.6 is 11.6 Å². The van der Waals surface area contributed by atoms with Crippen LogP contribution < -0.4 is 14.5 Å². The Kier molecular flexibility index (Phi) is 7.74. The first kappa shape index (κ1) is 25.7. The summed E-state index contributed by atoms with van der Waals surface area (Å²) in [5.74, 6) is -0.713. The van der Waals surface area contributed by atoms with Gasteiger partial charge in [-0.25, -0.2) is 4.79 Å². The van der Waals surface area contributed by atoms with E-state index in [0.29, 0.717) is 17.3 Å². The molecule has 0 aliphatic heterocycles. The molecular weight excluding hydrogens is 490 g/mol. The number of ketones is 1. The van der Waals surface area contributed by atoms with Gasteiger partial charge in [-0.2, -0.15) is 0 Å². The van der Waals surface area contributed by atoms with Gasteiger partial charge in [-0.3, -0.25) is 9.78 Å². The molecule has 0 amide bonds. The lowest BCUT2D eigenvalue weighted by Crippen LogP contribution is -2.18. The lowest BCUT2D eigenvalue weighted by Gasteiger charge is -2.21. The van der Waals surface area contributed by atoms with Gasteiger partial charge in [-0.05, 0) is 72.3 Å². The number of aromatic nitrogens is 1. The summed E-state index contributed by atoms with van der Waals surface area (Å²) in [4.78, 5) is 33.3. The Balaban J connectivity index is 1.57. The molecule has 0 spiro atoms. The summed E-state index contributed by atoms with van der Waals surface area (Å²) in [7, 11) is 5.35. The van der Waals surface area contributed by atoms with Crippen molar-refractivity contribution in [1.29, 1.82) is 0 Å². The topological polar surface area (TPSA) is 83.0 Å². The first-order valence-electron chi connectivity index (χ1n) is 11.5. The fourth-order valence-corrected chi connectivity index (χ4v) is 3.99. The van der Waals surface area contributed by atoms with Crippen molar-refractivity contribution in [3.05, 3.63) is 112 Å². The second kappa shape index (κ2) is 11.1. The maximum absolute atomic E-state index is 13.3. The van der Waals surface area contributed by atoms with Crippen molar-refractivity contribution in [2.45, 2.75) is 6.54 Å². The highest BCUT2D eigenvalue weighted by Crippen LogP contribution is 2.26. The zero-order valence-corrected chi connectivity index (χ0v) is 21.4. The molecule has 0 aliphatic carbocycles. The monoisotopic (exact) mass is 515 g/mol. The maximum Gasteiger partial charge on any atom is 0.335 e. The number of methoxy groups -OCH3 is 1. The number of carbonyl (C=O) groups excluding carboxylic acids is 1. The molecule has 4 rings (SSSR count). The number of rotatable bonds is 9. The van der Waals surface area contributed by atoms with E-state index in [1.54, 1.807) is 49.7 Å². The van der Waals surface area contributed by atoms with Gasteiger partial charge in [-0.1, -0.05) is 23.7 Å². The van der Waals surface area contributed by atoms with Gasteiger partial charge in [0, 0.05) is 42.6 Å². The van der Waals surface area contributed by atoms with E-state index in [4.69, 9.17) is 16.3 Å². The van der Waals surface area contributed by atoms with E-state index in [1.807, 2.05) is 60.3 Å². The van der Waals surface area contributed by atoms with Crippen LogP contribution in [0.5, 0.6) is 5.75 Å². The summed E-state index contributed by atoms with van der Waals surface area (Å²) in [5.41, 5.74) is 3.84. The quantitative estimate of drug-likeness (QED) is 0.270. The fourth-order valence-electron chi connectivity index (χ4n) is 3.86. The molecule has 0 bridgehead atoms. The van der Waals surface area contributed by atoms with E-state index in [-0.39, 0.29) is 22.6 Å². The predicted octanol–water partition coefficient (Wildman–Crippen LogP) is 6.08. The molecular formula is C29H26ClN3O4. The lowest BCUT2D eigenvalue weighted by molar-refractivity contribution is 0.0697. The molecule has 0 saturated heterocycles. The second-order valence-corrected chi connectivity index (χ2v) is 8.98. The van der Waals surface area contributed by atoms with Crippen LogP contribution in [0.2, 0.25) is 5.02 Å². The second-order valence-electron chi connectivity index (χ2n) is 8.54. The minimum Gasteiger partial charge on any atom is -0.497 e. The van der Waals surface area contributed by atoms with Crippen LogP contribution in [0.15, 0.2) is 85.1 Å². The number of benzene rings is 3. The van der Waals surface area contributed by atoms with Crippen LogP contribution in [0, 0.1) is 0 Å². The van der Waals surface area contributed by atoms with Crippen molar-refractivity contribution >= 4 is 40.4 Å². The van der Waals surface area contributed by atoms with Crippen LogP contribution in [0.1, 0.15) is 32.0 Å². The molecule has 3 aromatic carbocycles. The number of halogens is 1. The molecule has 7 nitrogen and oxygen atoms in total. The number of pyridine rings is 1. The summed E-state index contributed by atoms with van der Waals surface area (Å²) >= 11 is 5.98. The van der Waals surface area contributed by atoms with Gasteiger partial charge in [0.25, 0.3) is 0 Å². The average Bonchev–Trinajstić information content (AvgIpc) is 2.93. The summed E-state index contributed by atoms with van der Waals surface area (Å²) < 4.78 is 5.20. The Bertz CT molecular complexity index is 1410. The molecule has 4 aromatic rings. The normalized spacial score (nSPS) is 10.6. The van der Waals surface area contributed by atoms with E-state index < -0.39 is 5.97 Å². The standard InChI is InChI=1S/C29H26ClN3O4/c1-32(18-19-4-11-26(37-3)12-5-19)25-15-20(14-21(16-25)29(35)36)28(34)27-13-10-24(17-31-27)33(2)23-8-6-22(30)7-9-23/h4-17H,18H2,1-3H3,(H,35,36). The lowest BCUT2D eigenvalue weighted by atomic mass is 10.0. The Morgan fingerprint density at radius 1 is 0.865 bits per heavy atom. The smallest absolute Gasteiger partial charge is 0.335 e. The first-order chi connectivity index (χ1) is 17.7. The number of nitrogens with zero attached hydrogens (tertiary/aromatic N) is 3. The Labute approximate surface area is 220 Å². The summed E-state index contributed by atoms with van der Waals surface area (Å²) in [6.07, 6.45) is 1.61. The Morgan fingerprint density at radius 3 is 2.11 bits per heavy atom. The summed E-state index contributed by atoms with van der Waals surface area (Å²) in [5, 5.41) is 10.3. The van der Waals surface area contributed by atoms with Crippen molar-refractivity contribution in [3.63, 3.8) is 0 Å². The number of hydrogen-bond acceptors (Lipinski definition) is 6. The third-order valence-electron chi connectivity index (χ3n) is 6.03. The van der Waals surface area contributed by atoms with Crippen LogP contribution in [0.25, 0.3) is 0 Å².